The van der Waals surface area contributed by atoms with Gasteiger partial charge in [-0.2, -0.15) is 5.26 Å². The molecule has 118 valence electrons. The van der Waals surface area contributed by atoms with E-state index in [0.717, 1.165) is 18.4 Å². The van der Waals surface area contributed by atoms with Crippen molar-refractivity contribution in [2.45, 2.75) is 33.1 Å². The van der Waals surface area contributed by atoms with Crippen LogP contribution in [0.15, 0.2) is 24.3 Å². The molecule has 0 aliphatic heterocycles. The summed E-state index contributed by atoms with van der Waals surface area (Å²) in [7, 11) is 0. The van der Waals surface area contributed by atoms with Gasteiger partial charge in [-0.05, 0) is 24.8 Å². The maximum atomic E-state index is 12.4. The minimum absolute atomic E-state index is 0.00202. The van der Waals surface area contributed by atoms with E-state index in [1.165, 1.54) is 12.1 Å². The fraction of sp³-hybridized carbons (Fsp3) is 0.500. The first-order chi connectivity index (χ1) is 10.5. The number of carbonyl (C=O) groups excluding carboxylic acids is 1. The molecule has 1 unspecified atom stereocenters. The van der Waals surface area contributed by atoms with Crippen LogP contribution in [-0.2, 0) is 11.2 Å². The molecule has 6 heteroatoms. The number of hydrogen-bond acceptors (Lipinski definition) is 4. The van der Waals surface area contributed by atoms with E-state index in [2.05, 4.69) is 6.07 Å². The normalized spacial score (nSPS) is 11.5. The zero-order chi connectivity index (χ0) is 16.5. The Kier molecular flexibility index (Phi) is 7.03. The van der Waals surface area contributed by atoms with E-state index in [0.29, 0.717) is 13.1 Å². The van der Waals surface area contributed by atoms with Crippen LogP contribution in [0, 0.1) is 27.4 Å². The molecule has 1 aromatic carbocycles. The second-order valence-corrected chi connectivity index (χ2v) is 5.13. The molecule has 1 atom stereocenters. The molecular formula is C16H21N3O3. The highest BCUT2D eigenvalue weighted by Gasteiger charge is 2.23. The third-order valence-corrected chi connectivity index (χ3v) is 3.34. The number of nitriles is 1. The van der Waals surface area contributed by atoms with Gasteiger partial charge in [0.15, 0.2) is 0 Å². The number of amides is 1. The number of non-ortho nitro benzene ring substituents is 1. The maximum Gasteiger partial charge on any atom is 0.269 e. The van der Waals surface area contributed by atoms with Gasteiger partial charge in [0.2, 0.25) is 5.91 Å². The van der Waals surface area contributed by atoms with Gasteiger partial charge in [0.1, 0.15) is 5.92 Å². The smallest absolute Gasteiger partial charge is 0.269 e. The number of hydrogen-bond donors (Lipinski definition) is 0. The average Bonchev–Trinajstić information content (AvgIpc) is 2.52. The quantitative estimate of drug-likeness (QED) is 0.545. The summed E-state index contributed by atoms with van der Waals surface area (Å²) in [6, 6.07) is 8.04. The Balaban J connectivity index is 2.80. The third-order valence-electron chi connectivity index (χ3n) is 3.34. The zero-order valence-corrected chi connectivity index (χ0v) is 13.0. The Morgan fingerprint density at radius 1 is 1.27 bits per heavy atom. The van der Waals surface area contributed by atoms with Gasteiger partial charge in [-0.3, -0.25) is 14.9 Å². The van der Waals surface area contributed by atoms with Crippen LogP contribution in [0.1, 0.15) is 32.3 Å². The molecule has 0 fully saturated rings. The molecule has 0 aromatic heterocycles. The minimum atomic E-state index is -0.750. The van der Waals surface area contributed by atoms with Crippen molar-refractivity contribution in [1.29, 1.82) is 5.26 Å². The highest BCUT2D eigenvalue weighted by molar-refractivity contribution is 5.81. The zero-order valence-electron chi connectivity index (χ0n) is 13.0. The van der Waals surface area contributed by atoms with Gasteiger partial charge in [0.05, 0.1) is 11.0 Å². The van der Waals surface area contributed by atoms with E-state index < -0.39 is 10.8 Å². The molecule has 0 aliphatic carbocycles. The SMILES string of the molecule is CCCN(CCC)C(=O)C(C#N)Cc1ccc([N+](=O)[O-])cc1. The van der Waals surface area contributed by atoms with Crippen molar-refractivity contribution in [3.63, 3.8) is 0 Å². The van der Waals surface area contributed by atoms with Gasteiger partial charge in [-0.15, -0.1) is 0 Å². The van der Waals surface area contributed by atoms with E-state index in [1.807, 2.05) is 13.8 Å². The van der Waals surface area contributed by atoms with E-state index in [4.69, 9.17) is 0 Å². The Morgan fingerprint density at radius 2 is 1.82 bits per heavy atom. The van der Waals surface area contributed by atoms with Gasteiger partial charge in [0.25, 0.3) is 5.69 Å². The Labute approximate surface area is 130 Å². The molecule has 0 radical (unpaired) electrons. The van der Waals surface area contributed by atoms with Crippen LogP contribution in [0.4, 0.5) is 5.69 Å². The summed E-state index contributed by atoms with van der Waals surface area (Å²) in [5, 5.41) is 19.9. The number of nitrogens with zero attached hydrogens (tertiary/aromatic N) is 3. The minimum Gasteiger partial charge on any atom is -0.342 e. The molecule has 0 aliphatic rings. The van der Waals surface area contributed by atoms with Crippen molar-refractivity contribution in [2.75, 3.05) is 13.1 Å². The van der Waals surface area contributed by atoms with Crippen LogP contribution in [0.25, 0.3) is 0 Å². The van der Waals surface area contributed by atoms with E-state index in [-0.39, 0.29) is 18.0 Å². The first-order valence-electron chi connectivity index (χ1n) is 7.45. The summed E-state index contributed by atoms with van der Waals surface area (Å²) in [5.74, 6) is -0.913. The highest BCUT2D eigenvalue weighted by Crippen LogP contribution is 2.16. The van der Waals surface area contributed by atoms with Crippen molar-refractivity contribution in [1.82, 2.24) is 4.90 Å². The monoisotopic (exact) mass is 303 g/mol. The summed E-state index contributed by atoms with van der Waals surface area (Å²) in [4.78, 5) is 24.3. The predicted octanol–water partition coefficient (Wildman–Crippen LogP) is 2.93. The van der Waals surface area contributed by atoms with Crippen LogP contribution < -0.4 is 0 Å². The number of nitro groups is 1. The van der Waals surface area contributed by atoms with E-state index >= 15 is 0 Å². The van der Waals surface area contributed by atoms with Crippen molar-refractivity contribution in [3.05, 3.63) is 39.9 Å². The van der Waals surface area contributed by atoms with Crippen LogP contribution in [0.3, 0.4) is 0 Å². The Hall–Kier alpha value is -2.42. The van der Waals surface area contributed by atoms with Crippen LogP contribution in [-0.4, -0.2) is 28.8 Å². The second-order valence-electron chi connectivity index (χ2n) is 5.13. The van der Waals surface area contributed by atoms with Crippen molar-refractivity contribution in [2.24, 2.45) is 5.92 Å². The fourth-order valence-electron chi connectivity index (χ4n) is 2.27. The van der Waals surface area contributed by atoms with Crippen molar-refractivity contribution in [3.8, 4) is 6.07 Å². The summed E-state index contributed by atoms with van der Waals surface area (Å²) >= 11 is 0. The van der Waals surface area contributed by atoms with Crippen LogP contribution >= 0.6 is 0 Å². The Bertz CT molecular complexity index is 543. The molecule has 0 heterocycles. The van der Waals surface area contributed by atoms with Gasteiger partial charge >= 0.3 is 0 Å². The summed E-state index contributed by atoms with van der Waals surface area (Å²) < 4.78 is 0. The molecule has 0 spiro atoms. The predicted molar refractivity (Wildman–Crippen MR) is 83.1 cm³/mol. The first kappa shape index (κ1) is 17.6. The number of rotatable bonds is 8. The molecule has 22 heavy (non-hydrogen) atoms. The molecule has 1 amide bonds. The molecule has 0 bridgehead atoms. The van der Waals surface area contributed by atoms with Crippen LogP contribution in [0.2, 0.25) is 0 Å². The fourth-order valence-corrected chi connectivity index (χ4v) is 2.27. The standard InChI is InChI=1S/C16H21N3O3/c1-3-9-18(10-4-2)16(20)14(12-17)11-13-5-7-15(8-6-13)19(21)22/h5-8,14H,3-4,9-11H2,1-2H3. The molecule has 1 rings (SSSR count). The van der Waals surface area contributed by atoms with Gasteiger partial charge in [-0.1, -0.05) is 26.0 Å². The molecule has 6 nitrogen and oxygen atoms in total. The van der Waals surface area contributed by atoms with E-state index in [1.54, 1.807) is 17.0 Å². The second kappa shape index (κ2) is 8.78. The number of nitro benzene ring substituents is 1. The maximum absolute atomic E-state index is 12.4. The molecule has 1 aromatic rings. The lowest BCUT2D eigenvalue weighted by molar-refractivity contribution is -0.384. The van der Waals surface area contributed by atoms with Crippen molar-refractivity contribution >= 4 is 11.6 Å². The molecule has 0 saturated heterocycles. The lowest BCUT2D eigenvalue weighted by atomic mass is 9.99. The largest absolute Gasteiger partial charge is 0.342 e. The molecule has 0 saturated carbocycles. The van der Waals surface area contributed by atoms with Gasteiger partial charge in [-0.25, -0.2) is 0 Å². The van der Waals surface area contributed by atoms with E-state index in [9.17, 15) is 20.2 Å². The Morgan fingerprint density at radius 3 is 2.23 bits per heavy atom. The lowest BCUT2D eigenvalue weighted by Gasteiger charge is -2.23. The topological polar surface area (TPSA) is 87.2 Å². The number of benzene rings is 1. The molecule has 0 N–H and O–H groups in total. The molecular weight excluding hydrogens is 282 g/mol. The summed E-state index contributed by atoms with van der Waals surface area (Å²) in [5.41, 5.74) is 0.751. The van der Waals surface area contributed by atoms with Crippen molar-refractivity contribution < 1.29 is 9.72 Å². The first-order valence-corrected chi connectivity index (χ1v) is 7.45. The van der Waals surface area contributed by atoms with Crippen LogP contribution in [0.5, 0.6) is 0 Å². The summed E-state index contributed by atoms with van der Waals surface area (Å²) in [6.45, 7) is 5.28. The lowest BCUT2D eigenvalue weighted by Crippen LogP contribution is -2.37. The summed E-state index contributed by atoms with van der Waals surface area (Å²) in [6.07, 6.45) is 1.97. The average molecular weight is 303 g/mol. The van der Waals surface area contributed by atoms with Gasteiger partial charge < -0.3 is 4.90 Å². The number of carbonyl (C=O) groups is 1. The highest BCUT2D eigenvalue weighted by atomic mass is 16.6. The third kappa shape index (κ3) is 4.85. The van der Waals surface area contributed by atoms with Gasteiger partial charge in [0, 0.05) is 25.2 Å².